The van der Waals surface area contributed by atoms with Gasteiger partial charge in [-0.25, -0.2) is 4.79 Å². The average Bonchev–Trinajstić information content (AvgIpc) is 2.63. The fourth-order valence-corrected chi connectivity index (χ4v) is 2.44. The topological polar surface area (TPSA) is 87.7 Å². The molecule has 110 valence electrons. The molecule has 2 amide bonds. The predicted molar refractivity (Wildman–Crippen MR) is 71.0 cm³/mol. The van der Waals surface area contributed by atoms with E-state index in [0.29, 0.717) is 0 Å². The molecule has 0 radical (unpaired) electrons. The van der Waals surface area contributed by atoms with Crippen LogP contribution < -0.4 is 10.6 Å². The van der Waals surface area contributed by atoms with Gasteiger partial charge in [0.1, 0.15) is 0 Å². The Balaban J connectivity index is 2.26. The summed E-state index contributed by atoms with van der Waals surface area (Å²) in [6.45, 7) is 4.59. The highest BCUT2D eigenvalue weighted by molar-refractivity contribution is 5.74. The molecule has 6 nitrogen and oxygen atoms in total. The lowest BCUT2D eigenvalue weighted by atomic mass is 9.92. The molecule has 1 aliphatic rings. The van der Waals surface area contributed by atoms with Crippen molar-refractivity contribution in [2.45, 2.75) is 51.7 Å². The summed E-state index contributed by atoms with van der Waals surface area (Å²) in [7, 11) is 1.44. The summed E-state index contributed by atoms with van der Waals surface area (Å²) in [6.07, 6.45) is 2.46. The van der Waals surface area contributed by atoms with Gasteiger partial charge in [0.15, 0.2) is 0 Å². The van der Waals surface area contributed by atoms with Gasteiger partial charge in [-0.2, -0.15) is 0 Å². The average molecular weight is 272 g/mol. The van der Waals surface area contributed by atoms with Crippen molar-refractivity contribution in [1.29, 1.82) is 0 Å². The second-order valence-corrected chi connectivity index (χ2v) is 5.91. The molecule has 2 unspecified atom stereocenters. The Morgan fingerprint density at radius 1 is 1.47 bits per heavy atom. The lowest BCUT2D eigenvalue weighted by molar-refractivity contribution is -0.139. The second-order valence-electron chi connectivity index (χ2n) is 5.91. The number of rotatable bonds is 6. The zero-order chi connectivity index (χ0) is 14.5. The van der Waals surface area contributed by atoms with Crippen LogP contribution >= 0.6 is 0 Å². The largest absolute Gasteiger partial charge is 0.481 e. The number of hydrogen-bond donors (Lipinski definition) is 3. The standard InChI is InChI=1S/C13H24N2O4/c1-13(2)5-4-9(7-13)15-12(18)14-8-10(19-3)6-11(16)17/h9-10H,4-8H2,1-3H3,(H,16,17)(H2,14,15,18). The van der Waals surface area contributed by atoms with Crippen LogP contribution in [0.3, 0.4) is 0 Å². The van der Waals surface area contributed by atoms with E-state index in [2.05, 4.69) is 24.5 Å². The van der Waals surface area contributed by atoms with E-state index in [1.165, 1.54) is 7.11 Å². The molecule has 1 rings (SSSR count). The van der Waals surface area contributed by atoms with Crippen LogP contribution in [-0.4, -0.2) is 42.9 Å². The van der Waals surface area contributed by atoms with Gasteiger partial charge in [0.2, 0.25) is 0 Å². The summed E-state index contributed by atoms with van der Waals surface area (Å²) < 4.78 is 4.99. The fourth-order valence-electron chi connectivity index (χ4n) is 2.44. The Morgan fingerprint density at radius 3 is 2.63 bits per heavy atom. The second kappa shape index (κ2) is 6.75. The summed E-state index contributed by atoms with van der Waals surface area (Å²) in [5, 5.41) is 14.2. The molecule has 0 spiro atoms. The first-order valence-corrected chi connectivity index (χ1v) is 6.61. The third-order valence-electron chi connectivity index (χ3n) is 3.53. The third kappa shape index (κ3) is 5.92. The van der Waals surface area contributed by atoms with Crippen LogP contribution in [-0.2, 0) is 9.53 Å². The number of amides is 2. The molecule has 1 aliphatic carbocycles. The lowest BCUT2D eigenvalue weighted by Crippen LogP contribution is -2.44. The number of carbonyl (C=O) groups is 2. The number of carboxylic acids is 1. The van der Waals surface area contributed by atoms with Crippen molar-refractivity contribution in [3.05, 3.63) is 0 Å². The van der Waals surface area contributed by atoms with Crippen molar-refractivity contribution in [2.24, 2.45) is 5.41 Å². The summed E-state index contributed by atoms with van der Waals surface area (Å²) >= 11 is 0. The Labute approximate surface area is 113 Å². The minimum absolute atomic E-state index is 0.118. The van der Waals surface area contributed by atoms with Gasteiger partial charge in [0, 0.05) is 19.7 Å². The van der Waals surface area contributed by atoms with Crippen LogP contribution in [0.15, 0.2) is 0 Å². The maximum absolute atomic E-state index is 11.7. The van der Waals surface area contributed by atoms with E-state index in [1.807, 2.05) is 0 Å². The predicted octanol–water partition coefficient (Wildman–Crippen LogP) is 1.35. The Bertz CT molecular complexity index is 331. The molecule has 19 heavy (non-hydrogen) atoms. The number of hydrogen-bond acceptors (Lipinski definition) is 3. The van der Waals surface area contributed by atoms with Gasteiger partial charge in [-0.1, -0.05) is 13.8 Å². The number of methoxy groups -OCH3 is 1. The highest BCUT2D eigenvalue weighted by atomic mass is 16.5. The maximum Gasteiger partial charge on any atom is 0.315 e. The number of carbonyl (C=O) groups excluding carboxylic acids is 1. The zero-order valence-corrected chi connectivity index (χ0v) is 11.9. The Kier molecular flexibility index (Phi) is 5.60. The van der Waals surface area contributed by atoms with Crippen LogP contribution in [0.1, 0.15) is 39.5 Å². The normalized spacial score (nSPS) is 22.8. The van der Waals surface area contributed by atoms with E-state index < -0.39 is 12.1 Å². The molecule has 0 aliphatic heterocycles. The van der Waals surface area contributed by atoms with E-state index >= 15 is 0 Å². The molecule has 0 heterocycles. The minimum atomic E-state index is -0.938. The van der Waals surface area contributed by atoms with E-state index in [-0.39, 0.29) is 30.5 Å². The van der Waals surface area contributed by atoms with Crippen LogP contribution in [0.2, 0.25) is 0 Å². The third-order valence-corrected chi connectivity index (χ3v) is 3.53. The molecule has 0 aromatic rings. The summed E-state index contributed by atoms with van der Waals surface area (Å²) in [4.78, 5) is 22.2. The molecule has 2 atom stereocenters. The molecule has 0 saturated heterocycles. The van der Waals surface area contributed by atoms with Gasteiger partial charge in [-0.15, -0.1) is 0 Å². The molecule has 6 heteroatoms. The van der Waals surface area contributed by atoms with Crippen LogP contribution in [0.4, 0.5) is 4.79 Å². The monoisotopic (exact) mass is 272 g/mol. The minimum Gasteiger partial charge on any atom is -0.481 e. The van der Waals surface area contributed by atoms with Crippen LogP contribution in [0, 0.1) is 5.41 Å². The van der Waals surface area contributed by atoms with Gasteiger partial charge in [0.05, 0.1) is 12.5 Å². The van der Waals surface area contributed by atoms with E-state index in [9.17, 15) is 9.59 Å². The smallest absolute Gasteiger partial charge is 0.315 e. The SMILES string of the molecule is COC(CNC(=O)NC1CCC(C)(C)C1)CC(=O)O. The molecular formula is C13H24N2O4. The Hall–Kier alpha value is -1.30. The number of nitrogens with one attached hydrogen (secondary N) is 2. The van der Waals surface area contributed by atoms with Gasteiger partial charge in [-0.05, 0) is 24.7 Å². The van der Waals surface area contributed by atoms with Crippen LogP contribution in [0.5, 0.6) is 0 Å². The van der Waals surface area contributed by atoms with E-state index in [4.69, 9.17) is 9.84 Å². The van der Waals surface area contributed by atoms with Crippen LogP contribution in [0.25, 0.3) is 0 Å². The molecule has 0 aromatic heterocycles. The first-order valence-electron chi connectivity index (χ1n) is 6.61. The Morgan fingerprint density at radius 2 is 2.16 bits per heavy atom. The van der Waals surface area contributed by atoms with Gasteiger partial charge < -0.3 is 20.5 Å². The van der Waals surface area contributed by atoms with Crippen molar-refractivity contribution < 1.29 is 19.4 Å². The van der Waals surface area contributed by atoms with Crippen molar-refractivity contribution in [2.75, 3.05) is 13.7 Å². The first kappa shape index (κ1) is 15.8. The van der Waals surface area contributed by atoms with E-state index in [0.717, 1.165) is 19.3 Å². The van der Waals surface area contributed by atoms with Gasteiger partial charge in [0.25, 0.3) is 0 Å². The quantitative estimate of drug-likeness (QED) is 0.681. The lowest BCUT2D eigenvalue weighted by Gasteiger charge is -2.19. The zero-order valence-electron chi connectivity index (χ0n) is 11.9. The molecule has 0 bridgehead atoms. The first-order chi connectivity index (χ1) is 8.82. The highest BCUT2D eigenvalue weighted by Crippen LogP contribution is 2.36. The maximum atomic E-state index is 11.7. The van der Waals surface area contributed by atoms with E-state index in [1.54, 1.807) is 0 Å². The number of urea groups is 1. The van der Waals surface area contributed by atoms with Crippen molar-refractivity contribution >= 4 is 12.0 Å². The van der Waals surface area contributed by atoms with Crippen molar-refractivity contribution in [3.63, 3.8) is 0 Å². The molecule has 1 fully saturated rings. The number of carboxylic acid groups (broad SMARTS) is 1. The van der Waals surface area contributed by atoms with Gasteiger partial charge in [-0.3, -0.25) is 4.79 Å². The molecular weight excluding hydrogens is 248 g/mol. The molecule has 0 aromatic carbocycles. The summed E-state index contributed by atoms with van der Waals surface area (Å²) in [5.74, 6) is -0.938. The van der Waals surface area contributed by atoms with Crippen molar-refractivity contribution in [1.82, 2.24) is 10.6 Å². The van der Waals surface area contributed by atoms with Crippen molar-refractivity contribution in [3.8, 4) is 0 Å². The number of aliphatic carboxylic acids is 1. The summed E-state index contributed by atoms with van der Waals surface area (Å²) in [6, 6.07) is -0.0504. The summed E-state index contributed by atoms with van der Waals surface area (Å²) in [5.41, 5.74) is 0.288. The van der Waals surface area contributed by atoms with Gasteiger partial charge >= 0.3 is 12.0 Å². The highest BCUT2D eigenvalue weighted by Gasteiger charge is 2.31. The molecule has 1 saturated carbocycles. The molecule has 3 N–H and O–H groups in total. The fraction of sp³-hybridized carbons (Fsp3) is 0.846. The number of ether oxygens (including phenoxy) is 1.